The van der Waals surface area contributed by atoms with Gasteiger partial charge in [0.2, 0.25) is 11.8 Å². The van der Waals surface area contributed by atoms with Crippen molar-refractivity contribution in [1.29, 1.82) is 0 Å². The molecule has 2 aliphatic rings. The topological polar surface area (TPSA) is 192 Å². The third-order valence-corrected chi connectivity index (χ3v) is 11.5. The van der Waals surface area contributed by atoms with Crippen molar-refractivity contribution in [2.45, 2.75) is 50.9 Å². The minimum Gasteiger partial charge on any atom is -0.491 e. The fourth-order valence-corrected chi connectivity index (χ4v) is 8.06. The third-order valence-electron chi connectivity index (χ3n) is 10.8. The van der Waals surface area contributed by atoms with Crippen LogP contribution < -0.4 is 15.4 Å². The highest BCUT2D eigenvalue weighted by Gasteiger charge is 2.41. The van der Waals surface area contributed by atoms with Gasteiger partial charge >= 0.3 is 0 Å². The van der Waals surface area contributed by atoms with E-state index in [1.54, 1.807) is 11.4 Å². The molecule has 1 aromatic heterocycles. The van der Waals surface area contributed by atoms with Crippen molar-refractivity contribution in [1.82, 2.24) is 20.1 Å². The lowest BCUT2D eigenvalue weighted by Gasteiger charge is -2.30. The number of carbonyl (C=O) groups is 6. The summed E-state index contributed by atoms with van der Waals surface area (Å²) in [6, 6.07) is 17.2. The van der Waals surface area contributed by atoms with E-state index in [4.69, 9.17) is 23.7 Å². The van der Waals surface area contributed by atoms with E-state index in [2.05, 4.69) is 28.8 Å². The molecule has 3 aromatic carbocycles. The van der Waals surface area contributed by atoms with Gasteiger partial charge in [0.15, 0.2) is 11.4 Å². The normalized spacial score (nSPS) is 15.1. The van der Waals surface area contributed by atoms with Gasteiger partial charge in [0.25, 0.3) is 17.7 Å². The monoisotopic (exact) mass is 937 g/mol. The number of rotatable bonds is 26. The lowest BCUT2D eigenvalue weighted by molar-refractivity contribution is -0.136. The van der Waals surface area contributed by atoms with E-state index >= 15 is 0 Å². The quantitative estimate of drug-likeness (QED) is 0.0246. The van der Waals surface area contributed by atoms with Crippen LogP contribution >= 0.6 is 11.3 Å². The van der Waals surface area contributed by atoms with Crippen LogP contribution in [0.5, 0.6) is 5.75 Å². The first kappa shape index (κ1) is 49.6. The van der Waals surface area contributed by atoms with Gasteiger partial charge in [-0.3, -0.25) is 39.4 Å². The summed E-state index contributed by atoms with van der Waals surface area (Å²) in [5.74, 6) is -2.95. The molecule has 352 valence electrons. The lowest BCUT2D eigenvalue weighted by atomic mass is 9.99. The first-order valence-electron chi connectivity index (χ1n) is 21.5. The van der Waals surface area contributed by atoms with E-state index in [1.165, 1.54) is 46.5 Å². The zero-order chi connectivity index (χ0) is 47.7. The average Bonchev–Trinajstić information content (AvgIpc) is 3.96. The van der Waals surface area contributed by atoms with Gasteiger partial charge in [0, 0.05) is 54.9 Å². The average molecular weight is 938 g/mol. The highest BCUT2D eigenvalue weighted by Crippen LogP contribution is 2.34. The van der Waals surface area contributed by atoms with Crippen LogP contribution in [0.2, 0.25) is 0 Å². The minimum absolute atomic E-state index is 0.0111. The number of aldehydes is 1. The van der Waals surface area contributed by atoms with Crippen LogP contribution in [0.15, 0.2) is 115 Å². The number of allylic oxidation sites excluding steroid dienone is 2. The summed E-state index contributed by atoms with van der Waals surface area (Å²) in [6.07, 6.45) is 4.58. The molecule has 0 spiro atoms. The van der Waals surface area contributed by atoms with Gasteiger partial charge in [-0.25, -0.2) is 9.37 Å². The molecule has 2 aliphatic heterocycles. The second kappa shape index (κ2) is 24.6. The summed E-state index contributed by atoms with van der Waals surface area (Å²) < 4.78 is 43.3. The summed E-state index contributed by atoms with van der Waals surface area (Å²) in [7, 11) is 1.45. The Kier molecular flexibility index (Phi) is 18.2. The number of piperidine rings is 1. The van der Waals surface area contributed by atoms with Crippen LogP contribution in [0.1, 0.15) is 67.0 Å². The van der Waals surface area contributed by atoms with Crippen LogP contribution in [-0.2, 0) is 52.9 Å². The van der Waals surface area contributed by atoms with Gasteiger partial charge in [-0.1, -0.05) is 61.7 Å². The molecular formula is C49H52FN5O11S. The molecule has 0 saturated carbocycles. The van der Waals surface area contributed by atoms with Crippen molar-refractivity contribution in [3.05, 3.63) is 148 Å². The first-order valence-corrected chi connectivity index (χ1v) is 22.4. The van der Waals surface area contributed by atoms with Gasteiger partial charge < -0.3 is 33.5 Å². The predicted molar refractivity (Wildman–Crippen MR) is 246 cm³/mol. The number of fused-ring (bicyclic) bond motifs is 1. The number of hydrogen-bond acceptors (Lipinski definition) is 13. The maximum absolute atomic E-state index is 14.6. The Morgan fingerprint density at radius 2 is 1.72 bits per heavy atom. The third kappa shape index (κ3) is 13.6. The molecule has 0 radical (unpaired) electrons. The molecule has 1 fully saturated rings. The number of ether oxygens (including phenoxy) is 5. The number of nitrogens with one attached hydrogen (secondary N) is 2. The Morgan fingerprint density at radius 3 is 2.40 bits per heavy atom. The van der Waals surface area contributed by atoms with Gasteiger partial charge in [-0.15, -0.1) is 11.3 Å². The van der Waals surface area contributed by atoms with Crippen LogP contribution in [0.3, 0.4) is 0 Å². The van der Waals surface area contributed by atoms with Gasteiger partial charge in [-0.2, -0.15) is 0 Å². The second-order valence-electron chi connectivity index (χ2n) is 15.4. The van der Waals surface area contributed by atoms with Crippen LogP contribution in [0, 0.1) is 0 Å². The number of likely N-dealkylation sites (N-methyl/N-ethyl adjacent to an activating group) is 1. The molecule has 1 saturated heterocycles. The van der Waals surface area contributed by atoms with Gasteiger partial charge in [-0.05, 0) is 60.2 Å². The maximum atomic E-state index is 14.6. The SMILES string of the molecule is C=C(F)/C=C(\C(=C)OCc1ccccc1)C(C(=O)Nc1nccs1)N1Cc2cccc(CCCOCCOCCOCCOc3ccc(C(=O)N(C)C4CCC(=O)NC4=O)c(C=O)c3)c2C1=O. The molecule has 16 nitrogen and oxygen atoms in total. The van der Waals surface area contributed by atoms with Crippen molar-refractivity contribution < 1.29 is 56.8 Å². The first-order chi connectivity index (χ1) is 32.4. The molecule has 4 aromatic rings. The fraction of sp³-hybridized carbons (Fsp3) is 0.327. The predicted octanol–water partition coefficient (Wildman–Crippen LogP) is 6.00. The molecule has 2 N–H and O–H groups in total. The van der Waals surface area contributed by atoms with E-state index in [9.17, 15) is 33.2 Å². The summed E-state index contributed by atoms with van der Waals surface area (Å²) in [5, 5.41) is 6.99. The van der Waals surface area contributed by atoms with E-state index in [0.29, 0.717) is 68.6 Å². The van der Waals surface area contributed by atoms with Crippen molar-refractivity contribution in [3.8, 4) is 5.75 Å². The molecule has 3 heterocycles. The van der Waals surface area contributed by atoms with Crippen LogP contribution in [0.4, 0.5) is 9.52 Å². The molecule has 0 aliphatic carbocycles. The highest BCUT2D eigenvalue weighted by atomic mass is 32.1. The number of imide groups is 1. The number of hydrogen-bond donors (Lipinski definition) is 2. The summed E-state index contributed by atoms with van der Waals surface area (Å²) in [5.41, 5.74) is 3.07. The standard InChI is InChI=1S/C49H52FN5O11S/c1-32(50)27-40(33(2)66-31-34-9-5-4-6-10-34)44(46(59)53-49-51-18-26-67-49)55-29-36-12-7-11-35(43(36)48(55)61)13-8-19-62-20-21-63-22-23-64-24-25-65-38-14-15-39(37(28-38)30-56)47(60)54(3)41-16-17-42(57)52-45(41)58/h4-7,9-12,14-15,18,26-28,30,41,44H,1-2,8,13,16-17,19-25,29,31H2,3H3,(H,51,53,59)(H,52,57,58)/b40-27+. The van der Waals surface area contributed by atoms with Crippen molar-refractivity contribution in [2.24, 2.45) is 0 Å². The summed E-state index contributed by atoms with van der Waals surface area (Å²) in [4.78, 5) is 83.7. The Hall–Kier alpha value is -6.86. The van der Waals surface area contributed by atoms with Crippen molar-refractivity contribution >= 4 is 52.3 Å². The molecule has 0 bridgehead atoms. The number of amides is 5. The van der Waals surface area contributed by atoms with Crippen molar-refractivity contribution in [2.75, 3.05) is 58.6 Å². The van der Waals surface area contributed by atoms with Gasteiger partial charge in [0.05, 0.1) is 38.6 Å². The minimum atomic E-state index is -1.33. The molecule has 18 heteroatoms. The summed E-state index contributed by atoms with van der Waals surface area (Å²) >= 11 is 1.20. The molecule has 67 heavy (non-hydrogen) atoms. The lowest BCUT2D eigenvalue weighted by Crippen LogP contribution is -2.53. The van der Waals surface area contributed by atoms with E-state index in [-0.39, 0.29) is 67.6 Å². The molecule has 2 unspecified atom stereocenters. The zero-order valence-electron chi connectivity index (χ0n) is 37.0. The summed E-state index contributed by atoms with van der Waals surface area (Å²) in [6.45, 7) is 9.70. The largest absolute Gasteiger partial charge is 0.491 e. The molecular weight excluding hydrogens is 886 g/mol. The number of aromatic nitrogens is 1. The second-order valence-corrected chi connectivity index (χ2v) is 16.3. The Labute approximate surface area is 391 Å². The zero-order valence-corrected chi connectivity index (χ0v) is 37.9. The number of nitrogens with zero attached hydrogens (tertiary/aromatic N) is 3. The van der Waals surface area contributed by atoms with E-state index in [0.717, 1.165) is 22.8 Å². The molecule has 2 atom stereocenters. The number of carbonyl (C=O) groups excluding carboxylic acids is 6. The number of thiazole rings is 1. The van der Waals surface area contributed by atoms with Crippen LogP contribution in [0.25, 0.3) is 0 Å². The fourth-order valence-electron chi connectivity index (χ4n) is 7.52. The number of benzene rings is 3. The number of halogens is 1. The Bertz CT molecular complexity index is 2460. The van der Waals surface area contributed by atoms with Crippen molar-refractivity contribution in [3.63, 3.8) is 0 Å². The highest BCUT2D eigenvalue weighted by molar-refractivity contribution is 7.13. The van der Waals surface area contributed by atoms with Crippen LogP contribution in [-0.4, -0.2) is 116 Å². The Morgan fingerprint density at radius 1 is 0.985 bits per heavy atom. The number of anilines is 1. The number of aryl methyl sites for hydroxylation is 1. The van der Waals surface area contributed by atoms with E-state index < -0.39 is 41.5 Å². The molecule has 5 amide bonds. The van der Waals surface area contributed by atoms with E-state index in [1.807, 2.05) is 48.5 Å². The maximum Gasteiger partial charge on any atom is 0.255 e. The Balaban J connectivity index is 0.913. The smallest absolute Gasteiger partial charge is 0.255 e. The molecule has 6 rings (SSSR count). The van der Waals surface area contributed by atoms with Gasteiger partial charge in [0.1, 0.15) is 42.6 Å².